The molecule has 0 saturated carbocycles. The first-order valence-corrected chi connectivity index (χ1v) is 8.32. The molecule has 0 bridgehead atoms. The number of rotatable bonds is 3. The maximum absolute atomic E-state index is 12.8. The maximum atomic E-state index is 12.8. The molecule has 2 heterocycles. The summed E-state index contributed by atoms with van der Waals surface area (Å²) in [5.41, 5.74) is -0.468. The molecule has 3 nitrogen and oxygen atoms in total. The predicted molar refractivity (Wildman–Crippen MR) is 83.9 cm³/mol. The monoisotopic (exact) mass is 357 g/mol. The van der Waals surface area contributed by atoms with Crippen LogP contribution in [-0.4, -0.2) is 17.6 Å². The normalized spacial score (nSPS) is 11.8. The molecule has 23 heavy (non-hydrogen) atoms. The first-order valence-electron chi connectivity index (χ1n) is 6.62. The van der Waals surface area contributed by atoms with Gasteiger partial charge in [-0.25, -0.2) is 9.78 Å². The number of benzene rings is 1. The fourth-order valence-corrected chi connectivity index (χ4v) is 3.95. The van der Waals surface area contributed by atoms with E-state index in [0.29, 0.717) is 15.1 Å². The third-order valence-electron chi connectivity index (χ3n) is 3.05. The van der Waals surface area contributed by atoms with Crippen LogP contribution in [0.4, 0.5) is 13.2 Å². The third-order valence-corrected chi connectivity index (χ3v) is 5.16. The van der Waals surface area contributed by atoms with Crippen LogP contribution in [-0.2, 0) is 10.9 Å². The molecule has 0 aliphatic heterocycles. The lowest BCUT2D eigenvalue weighted by Crippen LogP contribution is -2.04. The van der Waals surface area contributed by atoms with Crippen LogP contribution < -0.4 is 0 Å². The summed E-state index contributed by atoms with van der Waals surface area (Å²) in [7, 11) is 0. The van der Waals surface area contributed by atoms with Crippen molar-refractivity contribution < 1.29 is 22.7 Å². The van der Waals surface area contributed by atoms with Gasteiger partial charge in [0.1, 0.15) is 5.01 Å². The standard InChI is InChI=1S/C15H10F3NO2S2/c1-2-21-14(20)10-7-22-13(19-10)12-5-8-3-4-9(15(16,17)18)6-11(8)23-12/h3-7H,2H2,1H3. The zero-order valence-corrected chi connectivity index (χ0v) is 13.4. The number of ether oxygens (including phenoxy) is 1. The van der Waals surface area contributed by atoms with Crippen molar-refractivity contribution in [1.29, 1.82) is 0 Å². The molecular weight excluding hydrogens is 347 g/mol. The molecule has 8 heteroatoms. The zero-order chi connectivity index (χ0) is 16.6. The Labute approximate surface area is 137 Å². The van der Waals surface area contributed by atoms with E-state index in [4.69, 9.17) is 4.74 Å². The number of alkyl halides is 3. The van der Waals surface area contributed by atoms with Crippen molar-refractivity contribution in [1.82, 2.24) is 4.98 Å². The predicted octanol–water partition coefficient (Wildman–Crippen LogP) is 5.22. The van der Waals surface area contributed by atoms with Crippen molar-refractivity contribution in [2.24, 2.45) is 0 Å². The van der Waals surface area contributed by atoms with Gasteiger partial charge in [0.2, 0.25) is 0 Å². The summed E-state index contributed by atoms with van der Waals surface area (Å²) in [6.45, 7) is 1.96. The summed E-state index contributed by atoms with van der Waals surface area (Å²) in [5.74, 6) is -0.504. The van der Waals surface area contributed by atoms with E-state index in [0.717, 1.165) is 17.0 Å². The van der Waals surface area contributed by atoms with Gasteiger partial charge in [-0.05, 0) is 30.5 Å². The molecule has 0 N–H and O–H groups in total. The Morgan fingerprint density at radius 3 is 2.78 bits per heavy atom. The van der Waals surface area contributed by atoms with E-state index in [1.807, 2.05) is 0 Å². The number of carbonyl (C=O) groups excluding carboxylic acids is 1. The molecule has 120 valence electrons. The van der Waals surface area contributed by atoms with Crippen LogP contribution >= 0.6 is 22.7 Å². The van der Waals surface area contributed by atoms with Gasteiger partial charge in [-0.1, -0.05) is 6.07 Å². The smallest absolute Gasteiger partial charge is 0.416 e. The first kappa shape index (κ1) is 15.9. The molecule has 1 aromatic carbocycles. The largest absolute Gasteiger partial charge is 0.461 e. The van der Waals surface area contributed by atoms with E-state index in [1.165, 1.54) is 28.7 Å². The second-order valence-corrected chi connectivity index (χ2v) is 6.56. The Hall–Kier alpha value is -1.93. The second kappa shape index (κ2) is 5.93. The molecule has 3 rings (SSSR count). The molecule has 0 atom stereocenters. The van der Waals surface area contributed by atoms with E-state index in [9.17, 15) is 18.0 Å². The molecule has 0 aliphatic rings. The molecule has 0 amide bonds. The van der Waals surface area contributed by atoms with Gasteiger partial charge in [-0.15, -0.1) is 22.7 Å². The van der Waals surface area contributed by atoms with Gasteiger partial charge in [0.15, 0.2) is 5.69 Å². The highest BCUT2D eigenvalue weighted by Gasteiger charge is 2.30. The Kier molecular flexibility index (Phi) is 4.11. The van der Waals surface area contributed by atoms with Crippen molar-refractivity contribution >= 4 is 38.7 Å². The Morgan fingerprint density at radius 2 is 2.09 bits per heavy atom. The molecule has 0 aliphatic carbocycles. The van der Waals surface area contributed by atoms with Crippen LogP contribution in [0.15, 0.2) is 29.6 Å². The number of carbonyl (C=O) groups is 1. The summed E-state index contributed by atoms with van der Waals surface area (Å²) in [6.07, 6.45) is -4.36. The fourth-order valence-electron chi connectivity index (χ4n) is 2.00. The van der Waals surface area contributed by atoms with Gasteiger partial charge in [-0.2, -0.15) is 13.2 Å². The summed E-state index contributed by atoms with van der Waals surface area (Å²) < 4.78 is 43.7. The number of hydrogen-bond donors (Lipinski definition) is 0. The minimum Gasteiger partial charge on any atom is -0.461 e. The number of thiophene rings is 1. The van der Waals surface area contributed by atoms with E-state index >= 15 is 0 Å². The van der Waals surface area contributed by atoms with Gasteiger partial charge >= 0.3 is 12.1 Å². The molecular formula is C15H10F3NO2S2. The van der Waals surface area contributed by atoms with Crippen molar-refractivity contribution in [2.45, 2.75) is 13.1 Å². The fraction of sp³-hybridized carbons (Fsp3) is 0.200. The molecule has 0 radical (unpaired) electrons. The Morgan fingerprint density at radius 1 is 1.30 bits per heavy atom. The molecule has 0 unspecified atom stereocenters. The Balaban J connectivity index is 1.96. The van der Waals surface area contributed by atoms with E-state index in [1.54, 1.807) is 18.4 Å². The zero-order valence-electron chi connectivity index (χ0n) is 11.8. The van der Waals surface area contributed by atoms with Crippen molar-refractivity contribution in [2.75, 3.05) is 6.61 Å². The van der Waals surface area contributed by atoms with Crippen LogP contribution in [0.2, 0.25) is 0 Å². The van der Waals surface area contributed by atoms with Gasteiger partial charge < -0.3 is 4.74 Å². The minimum atomic E-state index is -4.36. The Bertz CT molecular complexity index is 867. The van der Waals surface area contributed by atoms with Crippen LogP contribution in [0.1, 0.15) is 23.0 Å². The molecule has 0 fully saturated rings. The minimum absolute atomic E-state index is 0.209. The topological polar surface area (TPSA) is 39.2 Å². The summed E-state index contributed by atoms with van der Waals surface area (Å²) in [6, 6.07) is 5.40. The summed E-state index contributed by atoms with van der Waals surface area (Å²) in [4.78, 5) is 16.5. The highest BCUT2D eigenvalue weighted by Crippen LogP contribution is 2.38. The van der Waals surface area contributed by atoms with Crippen LogP contribution in [0.5, 0.6) is 0 Å². The lowest BCUT2D eigenvalue weighted by atomic mass is 10.1. The van der Waals surface area contributed by atoms with Crippen molar-refractivity contribution in [3.63, 3.8) is 0 Å². The van der Waals surface area contributed by atoms with Gasteiger partial charge in [0.05, 0.1) is 17.0 Å². The summed E-state index contributed by atoms with van der Waals surface area (Å²) >= 11 is 2.47. The highest BCUT2D eigenvalue weighted by atomic mass is 32.1. The van der Waals surface area contributed by atoms with Gasteiger partial charge in [0, 0.05) is 10.1 Å². The van der Waals surface area contributed by atoms with Crippen molar-refractivity contribution in [3.8, 4) is 9.88 Å². The van der Waals surface area contributed by atoms with Crippen LogP contribution in [0.3, 0.4) is 0 Å². The number of halogens is 3. The lowest BCUT2D eigenvalue weighted by molar-refractivity contribution is -0.137. The molecule has 2 aromatic heterocycles. The first-order chi connectivity index (χ1) is 10.9. The number of nitrogens with zero attached hydrogens (tertiary/aromatic N) is 1. The lowest BCUT2D eigenvalue weighted by Gasteiger charge is -2.05. The number of esters is 1. The number of fused-ring (bicyclic) bond motifs is 1. The second-order valence-electron chi connectivity index (χ2n) is 4.62. The number of hydrogen-bond acceptors (Lipinski definition) is 5. The van der Waals surface area contributed by atoms with E-state index in [-0.39, 0.29) is 12.3 Å². The van der Waals surface area contributed by atoms with Gasteiger partial charge in [-0.3, -0.25) is 0 Å². The molecule has 0 spiro atoms. The number of thiazole rings is 1. The average molecular weight is 357 g/mol. The maximum Gasteiger partial charge on any atom is 0.416 e. The van der Waals surface area contributed by atoms with Gasteiger partial charge in [0.25, 0.3) is 0 Å². The summed E-state index contributed by atoms with van der Waals surface area (Å²) in [5, 5.41) is 2.88. The molecule has 0 saturated heterocycles. The third kappa shape index (κ3) is 3.23. The quantitative estimate of drug-likeness (QED) is 0.603. The van der Waals surface area contributed by atoms with E-state index in [2.05, 4.69) is 4.98 Å². The van der Waals surface area contributed by atoms with Crippen LogP contribution in [0, 0.1) is 0 Å². The SMILES string of the molecule is CCOC(=O)c1csc(-c2cc3ccc(C(F)(F)F)cc3s2)n1. The number of aromatic nitrogens is 1. The van der Waals surface area contributed by atoms with Crippen molar-refractivity contribution in [3.05, 3.63) is 40.9 Å². The van der Waals surface area contributed by atoms with Crippen LogP contribution in [0.25, 0.3) is 20.0 Å². The average Bonchev–Trinajstić information content (AvgIpc) is 3.12. The molecule has 3 aromatic rings. The highest BCUT2D eigenvalue weighted by molar-refractivity contribution is 7.25. The van der Waals surface area contributed by atoms with E-state index < -0.39 is 17.7 Å².